The Labute approximate surface area is 65.5 Å². The van der Waals surface area contributed by atoms with Gasteiger partial charge in [0.1, 0.15) is 12.2 Å². The molecule has 2 unspecified atom stereocenters. The smallest absolute Gasteiger partial charge is 0.303 e. The Morgan fingerprint density at radius 2 is 1.91 bits per heavy atom. The SMILES string of the molecule is CC(=O)OC(C)C(C)OC=O. The van der Waals surface area contributed by atoms with Gasteiger partial charge in [0.15, 0.2) is 0 Å². The normalized spacial score (nSPS) is 14.8. The molecule has 0 saturated heterocycles. The lowest BCUT2D eigenvalue weighted by molar-refractivity contribution is -0.156. The van der Waals surface area contributed by atoms with Crippen molar-refractivity contribution >= 4 is 12.4 Å². The largest absolute Gasteiger partial charge is 0.461 e. The van der Waals surface area contributed by atoms with E-state index in [1.165, 1.54) is 6.92 Å². The summed E-state index contributed by atoms with van der Waals surface area (Å²) in [5.74, 6) is -0.376. The third-order valence-corrected chi connectivity index (χ3v) is 1.28. The van der Waals surface area contributed by atoms with E-state index in [9.17, 15) is 9.59 Å². The monoisotopic (exact) mass is 160 g/mol. The van der Waals surface area contributed by atoms with Crippen LogP contribution in [0.2, 0.25) is 0 Å². The molecule has 0 aliphatic heterocycles. The molecule has 0 rings (SSSR count). The van der Waals surface area contributed by atoms with Gasteiger partial charge in [-0.05, 0) is 13.8 Å². The minimum atomic E-state index is -0.392. The van der Waals surface area contributed by atoms with Gasteiger partial charge in [-0.3, -0.25) is 9.59 Å². The summed E-state index contributed by atoms with van der Waals surface area (Å²) in [7, 11) is 0. The average molecular weight is 160 g/mol. The van der Waals surface area contributed by atoms with Gasteiger partial charge in [0.25, 0.3) is 6.47 Å². The summed E-state index contributed by atoms with van der Waals surface area (Å²) in [6.45, 7) is 4.96. The Balaban J connectivity index is 3.71. The van der Waals surface area contributed by atoms with Crippen molar-refractivity contribution < 1.29 is 19.1 Å². The highest BCUT2D eigenvalue weighted by Crippen LogP contribution is 2.01. The van der Waals surface area contributed by atoms with E-state index in [0.717, 1.165) is 0 Å². The molecule has 0 aromatic carbocycles. The second-order valence-electron chi connectivity index (χ2n) is 2.25. The number of hydrogen-bond acceptors (Lipinski definition) is 4. The van der Waals surface area contributed by atoms with Crippen molar-refractivity contribution in [1.29, 1.82) is 0 Å². The third-order valence-electron chi connectivity index (χ3n) is 1.28. The Kier molecular flexibility index (Phi) is 4.26. The summed E-state index contributed by atoms with van der Waals surface area (Å²) < 4.78 is 9.29. The topological polar surface area (TPSA) is 52.6 Å². The predicted molar refractivity (Wildman–Crippen MR) is 37.8 cm³/mol. The molecule has 0 heterocycles. The van der Waals surface area contributed by atoms with Crippen LogP contribution in [0.5, 0.6) is 0 Å². The van der Waals surface area contributed by atoms with Gasteiger partial charge in [-0.25, -0.2) is 0 Å². The van der Waals surface area contributed by atoms with E-state index in [0.29, 0.717) is 6.47 Å². The zero-order valence-corrected chi connectivity index (χ0v) is 6.87. The number of hydrogen-bond donors (Lipinski definition) is 0. The molecule has 0 N–H and O–H groups in total. The number of carbonyl (C=O) groups is 2. The lowest BCUT2D eigenvalue weighted by atomic mass is 10.2. The summed E-state index contributed by atoms with van der Waals surface area (Å²) in [5, 5.41) is 0. The molecule has 0 amide bonds. The Morgan fingerprint density at radius 1 is 1.36 bits per heavy atom. The summed E-state index contributed by atoms with van der Waals surface area (Å²) in [6, 6.07) is 0. The molecule has 0 aromatic heterocycles. The molecule has 0 aromatic rings. The van der Waals surface area contributed by atoms with Crippen molar-refractivity contribution in [2.24, 2.45) is 0 Å². The highest BCUT2D eigenvalue weighted by molar-refractivity contribution is 5.66. The Hall–Kier alpha value is -1.06. The van der Waals surface area contributed by atoms with E-state index in [1.807, 2.05) is 0 Å². The van der Waals surface area contributed by atoms with Crippen LogP contribution in [0.25, 0.3) is 0 Å². The molecular formula is C7H12O4. The van der Waals surface area contributed by atoms with Crippen LogP contribution in [0, 0.1) is 0 Å². The van der Waals surface area contributed by atoms with Crippen LogP contribution in [0.15, 0.2) is 0 Å². The van der Waals surface area contributed by atoms with Crippen molar-refractivity contribution in [3.63, 3.8) is 0 Å². The maximum Gasteiger partial charge on any atom is 0.303 e. The van der Waals surface area contributed by atoms with Gasteiger partial charge in [0.05, 0.1) is 0 Å². The maximum absolute atomic E-state index is 10.4. The Morgan fingerprint density at radius 3 is 2.27 bits per heavy atom. The lowest BCUT2D eigenvalue weighted by Gasteiger charge is -2.17. The van der Waals surface area contributed by atoms with Gasteiger partial charge in [0, 0.05) is 6.92 Å². The van der Waals surface area contributed by atoms with Crippen LogP contribution in [0.1, 0.15) is 20.8 Å². The molecule has 0 bridgehead atoms. The first-order valence-corrected chi connectivity index (χ1v) is 3.34. The lowest BCUT2D eigenvalue weighted by Crippen LogP contribution is -2.27. The molecule has 11 heavy (non-hydrogen) atoms. The summed E-state index contributed by atoms with van der Waals surface area (Å²) in [5.41, 5.74) is 0. The fourth-order valence-corrected chi connectivity index (χ4v) is 0.556. The first-order valence-electron chi connectivity index (χ1n) is 3.34. The van der Waals surface area contributed by atoms with Crippen LogP contribution in [-0.2, 0) is 19.1 Å². The van der Waals surface area contributed by atoms with Gasteiger partial charge in [-0.15, -0.1) is 0 Å². The van der Waals surface area contributed by atoms with Crippen LogP contribution < -0.4 is 0 Å². The minimum absolute atomic E-state index is 0.338. The quantitative estimate of drug-likeness (QED) is 0.444. The van der Waals surface area contributed by atoms with Crippen LogP contribution >= 0.6 is 0 Å². The minimum Gasteiger partial charge on any atom is -0.461 e. The molecule has 0 saturated carbocycles. The second-order valence-corrected chi connectivity index (χ2v) is 2.25. The van der Waals surface area contributed by atoms with Crippen LogP contribution in [0.3, 0.4) is 0 Å². The van der Waals surface area contributed by atoms with E-state index >= 15 is 0 Å². The van der Waals surface area contributed by atoms with Gasteiger partial charge < -0.3 is 9.47 Å². The van der Waals surface area contributed by atoms with Crippen molar-refractivity contribution in [3.05, 3.63) is 0 Å². The number of carbonyl (C=O) groups excluding carboxylic acids is 2. The highest BCUT2D eigenvalue weighted by Gasteiger charge is 2.14. The van der Waals surface area contributed by atoms with E-state index < -0.39 is 12.2 Å². The van der Waals surface area contributed by atoms with Crippen molar-refractivity contribution in [1.82, 2.24) is 0 Å². The van der Waals surface area contributed by atoms with E-state index in [4.69, 9.17) is 4.74 Å². The third kappa shape index (κ3) is 4.36. The molecular weight excluding hydrogens is 148 g/mol. The first-order chi connectivity index (χ1) is 5.07. The summed E-state index contributed by atoms with van der Waals surface area (Å²) in [4.78, 5) is 20.2. The molecule has 0 aliphatic carbocycles. The van der Waals surface area contributed by atoms with E-state index in [1.54, 1.807) is 13.8 Å². The molecule has 0 radical (unpaired) electrons. The predicted octanol–water partition coefficient (Wildman–Crippen LogP) is 0.500. The standard InChI is InChI=1S/C7H12O4/c1-5(10-4-8)6(2)11-7(3)9/h4-6H,1-3H3. The van der Waals surface area contributed by atoms with Crippen molar-refractivity contribution in [3.8, 4) is 0 Å². The second kappa shape index (κ2) is 4.71. The number of ether oxygens (including phenoxy) is 2. The van der Waals surface area contributed by atoms with E-state index in [-0.39, 0.29) is 5.97 Å². The van der Waals surface area contributed by atoms with E-state index in [2.05, 4.69) is 4.74 Å². The Bertz CT molecular complexity index is 143. The fraction of sp³-hybridized carbons (Fsp3) is 0.714. The average Bonchev–Trinajstić information content (AvgIpc) is 1.86. The molecule has 0 aliphatic rings. The first kappa shape index (κ1) is 9.94. The molecule has 64 valence electrons. The highest BCUT2D eigenvalue weighted by atomic mass is 16.6. The van der Waals surface area contributed by atoms with Gasteiger partial charge in [0.2, 0.25) is 0 Å². The molecule has 0 fully saturated rings. The van der Waals surface area contributed by atoms with Crippen LogP contribution in [0.4, 0.5) is 0 Å². The van der Waals surface area contributed by atoms with Crippen LogP contribution in [-0.4, -0.2) is 24.6 Å². The number of esters is 1. The molecule has 4 nitrogen and oxygen atoms in total. The zero-order valence-electron chi connectivity index (χ0n) is 6.87. The van der Waals surface area contributed by atoms with Crippen molar-refractivity contribution in [2.75, 3.05) is 0 Å². The molecule has 0 spiro atoms. The summed E-state index contributed by atoms with van der Waals surface area (Å²) in [6.07, 6.45) is -0.783. The van der Waals surface area contributed by atoms with Gasteiger partial charge in [-0.1, -0.05) is 0 Å². The van der Waals surface area contributed by atoms with Gasteiger partial charge >= 0.3 is 5.97 Å². The molecule has 2 atom stereocenters. The van der Waals surface area contributed by atoms with Crippen molar-refractivity contribution in [2.45, 2.75) is 33.0 Å². The number of rotatable bonds is 4. The van der Waals surface area contributed by atoms with Gasteiger partial charge in [-0.2, -0.15) is 0 Å². The molecule has 4 heteroatoms. The summed E-state index contributed by atoms with van der Waals surface area (Å²) >= 11 is 0. The fourth-order valence-electron chi connectivity index (χ4n) is 0.556. The maximum atomic E-state index is 10.4. The zero-order chi connectivity index (χ0) is 8.85.